The highest BCUT2D eigenvalue weighted by atomic mass is 32.1. The van der Waals surface area contributed by atoms with Gasteiger partial charge in [-0.25, -0.2) is 4.39 Å². The van der Waals surface area contributed by atoms with Crippen LogP contribution in [0.25, 0.3) is 0 Å². The number of aromatic nitrogens is 1. The molecule has 0 aliphatic heterocycles. The molecule has 1 amide bonds. The molecule has 1 atom stereocenters. The second-order valence-corrected chi connectivity index (χ2v) is 6.43. The Hall–Kier alpha value is -3.51. The Morgan fingerprint density at radius 2 is 2.14 bits per heavy atom. The summed E-state index contributed by atoms with van der Waals surface area (Å²) in [4.78, 5) is 16.2. The summed E-state index contributed by atoms with van der Waals surface area (Å²) in [5.41, 5.74) is 12.4. The molecular weight excluding hydrogens is 379 g/mol. The normalized spacial score (nSPS) is 12.0. The van der Waals surface area contributed by atoms with Crippen LogP contribution in [0, 0.1) is 17.1 Å². The van der Waals surface area contributed by atoms with E-state index < -0.39 is 17.8 Å². The van der Waals surface area contributed by atoms with E-state index in [1.807, 2.05) is 6.07 Å². The smallest absolute Gasteiger partial charge is 0.240 e. The van der Waals surface area contributed by atoms with E-state index in [4.69, 9.17) is 23.7 Å². The second kappa shape index (κ2) is 9.43. The van der Waals surface area contributed by atoms with Gasteiger partial charge in [0.05, 0.1) is 16.9 Å². The van der Waals surface area contributed by atoms with Gasteiger partial charge in [0, 0.05) is 24.0 Å². The SMILES string of the molecule is CC(N)=CC(=S)Nc1cc(N[C@H](Cc2ccccn2)C(N)=O)c(F)cc1C#N. The largest absolute Gasteiger partial charge is 0.402 e. The van der Waals surface area contributed by atoms with Gasteiger partial charge in [0.15, 0.2) is 0 Å². The molecule has 0 spiro atoms. The number of amides is 1. The quantitative estimate of drug-likeness (QED) is 0.415. The van der Waals surface area contributed by atoms with Crippen LogP contribution in [0.15, 0.2) is 48.3 Å². The minimum Gasteiger partial charge on any atom is -0.402 e. The van der Waals surface area contributed by atoms with E-state index in [-0.39, 0.29) is 28.3 Å². The van der Waals surface area contributed by atoms with Gasteiger partial charge in [-0.3, -0.25) is 9.78 Å². The van der Waals surface area contributed by atoms with Crippen molar-refractivity contribution in [3.63, 3.8) is 0 Å². The predicted octanol–water partition coefficient (Wildman–Crippen LogP) is 2.20. The lowest BCUT2D eigenvalue weighted by molar-refractivity contribution is -0.118. The van der Waals surface area contributed by atoms with E-state index in [1.165, 1.54) is 12.1 Å². The highest BCUT2D eigenvalue weighted by Crippen LogP contribution is 2.25. The number of primary amides is 1. The zero-order chi connectivity index (χ0) is 20.7. The summed E-state index contributed by atoms with van der Waals surface area (Å²) in [6.07, 6.45) is 3.26. The first-order chi connectivity index (χ1) is 13.3. The third kappa shape index (κ3) is 5.75. The van der Waals surface area contributed by atoms with Crippen LogP contribution in [0.3, 0.4) is 0 Å². The molecule has 0 radical (unpaired) electrons. The number of carbonyl (C=O) groups excluding carboxylic acids is 1. The number of thiocarbonyl (C=S) groups is 1. The average molecular weight is 398 g/mol. The number of halogens is 1. The molecule has 1 heterocycles. The lowest BCUT2D eigenvalue weighted by Crippen LogP contribution is -2.37. The van der Waals surface area contributed by atoms with Crippen molar-refractivity contribution in [2.24, 2.45) is 11.5 Å². The number of nitrogens with two attached hydrogens (primary N) is 2. The molecule has 6 N–H and O–H groups in total. The molecule has 9 heteroatoms. The van der Waals surface area contributed by atoms with Crippen LogP contribution >= 0.6 is 12.2 Å². The van der Waals surface area contributed by atoms with Gasteiger partial charge in [-0.15, -0.1) is 0 Å². The number of nitriles is 1. The standard InChI is InChI=1S/C19H19FN6OS/c1-11(22)6-18(28)26-15-9-16(14(20)7-12(15)10-21)25-17(19(23)27)8-13-4-2-3-5-24-13/h2-7,9,17,25H,8,22H2,1H3,(H2,23,27)(H,26,28)/t17-/m1/s1. The van der Waals surface area contributed by atoms with Crippen LogP contribution < -0.4 is 22.1 Å². The number of benzene rings is 1. The first-order valence-corrected chi connectivity index (χ1v) is 8.65. The van der Waals surface area contributed by atoms with Gasteiger partial charge >= 0.3 is 0 Å². The number of rotatable bonds is 7. The number of anilines is 2. The van der Waals surface area contributed by atoms with Crippen LogP contribution in [0.4, 0.5) is 15.8 Å². The summed E-state index contributed by atoms with van der Waals surface area (Å²) in [5, 5.41) is 14.9. The van der Waals surface area contributed by atoms with Gasteiger partial charge in [-0.05, 0) is 37.3 Å². The van der Waals surface area contributed by atoms with Crippen molar-refractivity contribution in [1.82, 2.24) is 4.98 Å². The molecule has 0 aliphatic carbocycles. The van der Waals surface area contributed by atoms with E-state index in [0.717, 1.165) is 6.07 Å². The Morgan fingerprint density at radius 3 is 2.71 bits per heavy atom. The molecule has 2 rings (SSSR count). The van der Waals surface area contributed by atoms with E-state index in [2.05, 4.69) is 15.6 Å². The Bertz CT molecular complexity index is 951. The Balaban J connectivity index is 2.31. The number of pyridine rings is 1. The average Bonchev–Trinajstić information content (AvgIpc) is 2.63. The highest BCUT2D eigenvalue weighted by Gasteiger charge is 2.19. The van der Waals surface area contributed by atoms with Crippen molar-refractivity contribution >= 4 is 34.5 Å². The van der Waals surface area contributed by atoms with Crippen molar-refractivity contribution in [3.8, 4) is 6.07 Å². The highest BCUT2D eigenvalue weighted by molar-refractivity contribution is 7.81. The molecule has 0 aliphatic rings. The van der Waals surface area contributed by atoms with Crippen LogP contribution in [0.5, 0.6) is 0 Å². The third-order valence-corrected chi connectivity index (χ3v) is 3.88. The molecule has 0 unspecified atom stereocenters. The van der Waals surface area contributed by atoms with Gasteiger partial charge in [-0.2, -0.15) is 5.26 Å². The molecule has 28 heavy (non-hydrogen) atoms. The summed E-state index contributed by atoms with van der Waals surface area (Å²) in [5.74, 6) is -1.37. The van der Waals surface area contributed by atoms with Crippen molar-refractivity contribution in [2.75, 3.05) is 10.6 Å². The van der Waals surface area contributed by atoms with E-state index in [1.54, 1.807) is 31.3 Å². The van der Waals surface area contributed by atoms with Crippen molar-refractivity contribution in [1.29, 1.82) is 5.26 Å². The van der Waals surface area contributed by atoms with Crippen molar-refractivity contribution in [2.45, 2.75) is 19.4 Å². The predicted molar refractivity (Wildman–Crippen MR) is 110 cm³/mol. The molecule has 7 nitrogen and oxygen atoms in total. The topological polar surface area (TPSA) is 130 Å². The summed E-state index contributed by atoms with van der Waals surface area (Å²) < 4.78 is 14.5. The lowest BCUT2D eigenvalue weighted by atomic mass is 10.1. The fraction of sp³-hybridized carbons (Fsp3) is 0.158. The molecule has 144 valence electrons. The molecule has 0 bridgehead atoms. The van der Waals surface area contributed by atoms with Gasteiger partial charge in [0.2, 0.25) is 5.91 Å². The van der Waals surface area contributed by atoms with Crippen LogP contribution in [0.1, 0.15) is 18.2 Å². The molecule has 1 aromatic heterocycles. The van der Waals surface area contributed by atoms with Crippen LogP contribution in [-0.2, 0) is 11.2 Å². The zero-order valence-electron chi connectivity index (χ0n) is 15.1. The monoisotopic (exact) mass is 398 g/mol. The van der Waals surface area contributed by atoms with Gasteiger partial charge in [0.1, 0.15) is 22.9 Å². The lowest BCUT2D eigenvalue weighted by Gasteiger charge is -2.18. The van der Waals surface area contributed by atoms with Crippen molar-refractivity contribution in [3.05, 3.63) is 65.4 Å². The fourth-order valence-electron chi connectivity index (χ4n) is 2.39. The summed E-state index contributed by atoms with van der Waals surface area (Å²) in [6.45, 7) is 1.66. The number of hydrogen-bond donors (Lipinski definition) is 4. The molecule has 0 saturated heterocycles. The second-order valence-electron chi connectivity index (χ2n) is 5.99. The summed E-state index contributed by atoms with van der Waals surface area (Å²) in [7, 11) is 0. The van der Waals surface area contributed by atoms with E-state index in [9.17, 15) is 14.4 Å². The van der Waals surface area contributed by atoms with Gasteiger partial charge in [-0.1, -0.05) is 18.3 Å². The minimum absolute atomic E-state index is 0.00233. The van der Waals surface area contributed by atoms with Crippen LogP contribution in [-0.4, -0.2) is 21.9 Å². The first kappa shape index (κ1) is 20.8. The Morgan fingerprint density at radius 1 is 1.39 bits per heavy atom. The minimum atomic E-state index is -0.900. The number of nitrogens with one attached hydrogen (secondary N) is 2. The fourth-order valence-corrected chi connectivity index (χ4v) is 2.69. The Labute approximate surface area is 167 Å². The van der Waals surface area contributed by atoms with E-state index >= 15 is 0 Å². The number of carbonyl (C=O) groups is 1. The summed E-state index contributed by atoms with van der Waals surface area (Å²) >= 11 is 5.14. The third-order valence-electron chi connectivity index (χ3n) is 3.66. The number of hydrogen-bond acceptors (Lipinski definition) is 6. The molecule has 0 saturated carbocycles. The maximum atomic E-state index is 14.5. The van der Waals surface area contributed by atoms with Crippen LogP contribution in [0.2, 0.25) is 0 Å². The zero-order valence-corrected chi connectivity index (χ0v) is 15.9. The van der Waals surface area contributed by atoms with Crippen molar-refractivity contribution < 1.29 is 9.18 Å². The molecule has 2 aromatic rings. The first-order valence-electron chi connectivity index (χ1n) is 8.24. The van der Waals surface area contributed by atoms with E-state index in [0.29, 0.717) is 11.4 Å². The number of nitrogens with zero attached hydrogens (tertiary/aromatic N) is 2. The van der Waals surface area contributed by atoms with Gasteiger partial charge in [0.25, 0.3) is 0 Å². The maximum Gasteiger partial charge on any atom is 0.240 e. The molecule has 0 fully saturated rings. The molecular formula is C19H19FN6OS. The Kier molecular flexibility index (Phi) is 7.01. The summed E-state index contributed by atoms with van der Waals surface area (Å²) in [6, 6.07) is 8.65. The maximum absolute atomic E-state index is 14.5. The molecule has 1 aromatic carbocycles. The van der Waals surface area contributed by atoms with Gasteiger partial charge < -0.3 is 22.1 Å². The number of allylic oxidation sites excluding steroid dienone is 1.